The first kappa shape index (κ1) is 21.6. The van der Waals surface area contributed by atoms with Crippen LogP contribution in [-0.4, -0.2) is 23.7 Å². The van der Waals surface area contributed by atoms with Crippen LogP contribution in [0.15, 0.2) is 47.6 Å². The molecule has 0 saturated carbocycles. The van der Waals surface area contributed by atoms with Crippen LogP contribution in [0.3, 0.4) is 0 Å². The van der Waals surface area contributed by atoms with Gasteiger partial charge in [0.1, 0.15) is 0 Å². The molecular formula is C24H28IN3O. The molecular weight excluding hydrogens is 473 g/mol. The Morgan fingerprint density at radius 3 is 2.59 bits per heavy atom. The molecule has 1 heterocycles. The van der Waals surface area contributed by atoms with Crippen LogP contribution in [-0.2, 0) is 0 Å². The van der Waals surface area contributed by atoms with Crippen molar-refractivity contribution >= 4 is 46.0 Å². The molecule has 2 aromatic rings. The highest BCUT2D eigenvalue weighted by Crippen LogP contribution is 2.41. The maximum atomic E-state index is 12.3. The van der Waals surface area contributed by atoms with Crippen LogP contribution in [0.4, 0.5) is 5.69 Å². The van der Waals surface area contributed by atoms with Crippen molar-refractivity contribution in [3.8, 4) is 0 Å². The third-order valence-electron chi connectivity index (χ3n) is 5.23. The van der Waals surface area contributed by atoms with E-state index in [1.54, 1.807) is 12.3 Å². The Bertz CT molecular complexity index is 1010. The minimum atomic E-state index is -0.209. The lowest BCUT2D eigenvalue weighted by Gasteiger charge is -2.46. The predicted molar refractivity (Wildman–Crippen MR) is 131 cm³/mol. The molecule has 0 radical (unpaired) electrons. The summed E-state index contributed by atoms with van der Waals surface area (Å²) in [5.74, 6) is -0.209. The van der Waals surface area contributed by atoms with Crippen LogP contribution in [0.1, 0.15) is 61.7 Å². The molecule has 152 valence electrons. The maximum Gasteiger partial charge on any atom is 0.271 e. The number of rotatable bonds is 4. The molecule has 1 N–H and O–H groups in total. The summed E-state index contributed by atoms with van der Waals surface area (Å²) in [5.41, 5.74) is 9.07. The Balaban J connectivity index is 1.88. The molecule has 0 aliphatic carbocycles. The monoisotopic (exact) mass is 501 g/mol. The van der Waals surface area contributed by atoms with Crippen molar-refractivity contribution in [2.75, 3.05) is 4.90 Å². The number of nitrogens with zero attached hydrogens (tertiary/aromatic N) is 2. The Labute approximate surface area is 187 Å². The van der Waals surface area contributed by atoms with E-state index < -0.39 is 0 Å². The number of carbonyl (C=O) groups is 1. The van der Waals surface area contributed by atoms with Gasteiger partial charge in [0.25, 0.3) is 5.91 Å². The highest BCUT2D eigenvalue weighted by atomic mass is 127. The quantitative estimate of drug-likeness (QED) is 0.328. The molecule has 0 saturated heterocycles. The van der Waals surface area contributed by atoms with Crippen molar-refractivity contribution < 1.29 is 4.79 Å². The number of anilines is 1. The number of nitrogens with one attached hydrogen (secondary N) is 1. The first-order valence-electron chi connectivity index (χ1n) is 9.83. The number of allylic oxidation sites excluding steroid dienone is 1. The van der Waals surface area contributed by atoms with Crippen molar-refractivity contribution in [2.24, 2.45) is 5.10 Å². The van der Waals surface area contributed by atoms with E-state index in [1.165, 1.54) is 16.8 Å². The Morgan fingerprint density at radius 2 is 1.93 bits per heavy atom. The van der Waals surface area contributed by atoms with Gasteiger partial charge < -0.3 is 4.90 Å². The minimum absolute atomic E-state index is 0.0333. The number of hydrogen-bond donors (Lipinski definition) is 1. The molecule has 5 heteroatoms. The van der Waals surface area contributed by atoms with E-state index in [-0.39, 0.29) is 11.4 Å². The molecule has 0 bridgehead atoms. The molecule has 1 aliphatic heterocycles. The fourth-order valence-electron chi connectivity index (χ4n) is 4.15. The molecule has 0 aromatic heterocycles. The van der Waals surface area contributed by atoms with Gasteiger partial charge in [-0.15, -0.1) is 0 Å². The fraction of sp³-hybridized carbons (Fsp3) is 0.333. The number of halogens is 1. The van der Waals surface area contributed by atoms with Crippen molar-refractivity contribution in [1.29, 1.82) is 0 Å². The lowest BCUT2D eigenvalue weighted by Crippen LogP contribution is -2.49. The zero-order valence-corrected chi connectivity index (χ0v) is 20.0. The smallest absolute Gasteiger partial charge is 0.271 e. The third kappa shape index (κ3) is 4.55. The van der Waals surface area contributed by atoms with Gasteiger partial charge >= 0.3 is 0 Å². The first-order valence-corrected chi connectivity index (χ1v) is 10.9. The topological polar surface area (TPSA) is 44.7 Å². The van der Waals surface area contributed by atoms with Gasteiger partial charge in [0.15, 0.2) is 0 Å². The molecule has 4 nitrogen and oxygen atoms in total. The minimum Gasteiger partial charge on any atom is -0.360 e. The van der Waals surface area contributed by atoms with Crippen molar-refractivity contribution in [1.82, 2.24) is 5.43 Å². The highest BCUT2D eigenvalue weighted by Gasteiger charge is 2.33. The Morgan fingerprint density at radius 1 is 1.21 bits per heavy atom. The lowest BCUT2D eigenvalue weighted by atomic mass is 9.86. The second-order valence-corrected chi connectivity index (χ2v) is 9.63. The number of benzene rings is 2. The molecule has 2 aromatic carbocycles. The second-order valence-electron chi connectivity index (χ2n) is 8.38. The van der Waals surface area contributed by atoms with Gasteiger partial charge in [-0.05, 0) is 111 Å². The zero-order valence-electron chi connectivity index (χ0n) is 17.9. The van der Waals surface area contributed by atoms with Crippen molar-refractivity contribution in [3.63, 3.8) is 0 Å². The summed E-state index contributed by atoms with van der Waals surface area (Å²) in [7, 11) is 0. The zero-order chi connectivity index (χ0) is 21.3. The lowest BCUT2D eigenvalue weighted by molar-refractivity contribution is 0.0955. The molecule has 3 rings (SSSR count). The van der Waals surface area contributed by atoms with Crippen LogP contribution in [0.25, 0.3) is 5.57 Å². The van der Waals surface area contributed by atoms with E-state index in [0.717, 1.165) is 14.7 Å². The number of amides is 1. The predicted octanol–water partition coefficient (Wildman–Crippen LogP) is 5.77. The Hall–Kier alpha value is -2.15. The largest absolute Gasteiger partial charge is 0.360 e. The summed E-state index contributed by atoms with van der Waals surface area (Å²) in [6.07, 6.45) is 4.05. The molecule has 0 spiro atoms. The number of hydrazone groups is 1. The number of aryl methyl sites for hydroxylation is 1. The van der Waals surface area contributed by atoms with E-state index in [2.05, 4.69) is 97.8 Å². The summed E-state index contributed by atoms with van der Waals surface area (Å²) in [5, 5.41) is 4.21. The number of fused-ring (bicyclic) bond motifs is 1. The molecule has 0 atom stereocenters. The Kier molecular flexibility index (Phi) is 6.17. The normalized spacial score (nSPS) is 15.4. The van der Waals surface area contributed by atoms with Gasteiger partial charge in [0, 0.05) is 26.4 Å². The van der Waals surface area contributed by atoms with Gasteiger partial charge in [-0.25, -0.2) is 5.43 Å². The SMILES string of the molecule is CC1=CC(C)(C)N(C(C)C)c2cc(C)c(/C=N/NC(=O)c3cccc(I)c3)cc21. The average Bonchev–Trinajstić information content (AvgIpc) is 2.61. The summed E-state index contributed by atoms with van der Waals surface area (Å²) in [4.78, 5) is 14.8. The molecule has 0 fully saturated rings. The number of carbonyl (C=O) groups excluding carboxylic acids is 1. The van der Waals surface area contributed by atoms with Gasteiger partial charge in [-0.2, -0.15) is 5.10 Å². The van der Waals surface area contributed by atoms with E-state index in [1.807, 2.05) is 18.2 Å². The van der Waals surface area contributed by atoms with Crippen LogP contribution in [0, 0.1) is 10.5 Å². The standard InChI is InChI=1S/C24H28IN3O/c1-15(2)28-22-10-16(3)19(12-21(22)17(4)13-24(28,5)6)14-26-27-23(29)18-8-7-9-20(25)11-18/h7-15H,1-6H3,(H,27,29)/b26-14+. The van der Waals surface area contributed by atoms with E-state index in [0.29, 0.717) is 11.6 Å². The van der Waals surface area contributed by atoms with E-state index >= 15 is 0 Å². The molecule has 29 heavy (non-hydrogen) atoms. The van der Waals surface area contributed by atoms with Crippen molar-refractivity contribution in [2.45, 2.75) is 53.1 Å². The van der Waals surface area contributed by atoms with E-state index in [4.69, 9.17) is 0 Å². The fourth-order valence-corrected chi connectivity index (χ4v) is 4.69. The van der Waals surface area contributed by atoms with Gasteiger partial charge in [0.2, 0.25) is 0 Å². The average molecular weight is 501 g/mol. The highest BCUT2D eigenvalue weighted by molar-refractivity contribution is 14.1. The summed E-state index contributed by atoms with van der Waals surface area (Å²) in [6.45, 7) is 13.2. The first-order chi connectivity index (χ1) is 13.6. The molecule has 0 unspecified atom stereocenters. The van der Waals surface area contributed by atoms with Crippen LogP contribution in [0.5, 0.6) is 0 Å². The third-order valence-corrected chi connectivity index (χ3v) is 5.90. The molecule has 1 aliphatic rings. The summed E-state index contributed by atoms with van der Waals surface area (Å²) in [6, 6.07) is 12.2. The van der Waals surface area contributed by atoms with Crippen molar-refractivity contribution in [3.05, 3.63) is 68.3 Å². The summed E-state index contributed by atoms with van der Waals surface area (Å²) < 4.78 is 1.02. The second kappa shape index (κ2) is 8.30. The van der Waals surface area contributed by atoms with Crippen LogP contribution >= 0.6 is 22.6 Å². The number of hydrogen-bond acceptors (Lipinski definition) is 3. The van der Waals surface area contributed by atoms with E-state index in [9.17, 15) is 4.79 Å². The summed E-state index contributed by atoms with van der Waals surface area (Å²) >= 11 is 2.19. The van der Waals surface area contributed by atoms with Crippen LogP contribution < -0.4 is 10.3 Å². The van der Waals surface area contributed by atoms with Gasteiger partial charge in [-0.1, -0.05) is 12.1 Å². The van der Waals surface area contributed by atoms with Gasteiger partial charge in [-0.3, -0.25) is 4.79 Å². The maximum absolute atomic E-state index is 12.3. The van der Waals surface area contributed by atoms with Gasteiger partial charge in [0.05, 0.1) is 11.8 Å². The molecule has 1 amide bonds. The van der Waals surface area contributed by atoms with Crippen LogP contribution in [0.2, 0.25) is 0 Å².